The number of Topliss-reactive ketones (excluding diaryl/α,β-unsaturated/α-hetero) is 1. The first-order chi connectivity index (χ1) is 7.69. The summed E-state index contributed by atoms with van der Waals surface area (Å²) in [5.74, 6) is 1.09. The molecule has 0 aromatic heterocycles. The third-order valence-electron chi connectivity index (χ3n) is 2.79. The third kappa shape index (κ3) is 2.42. The molecule has 1 aliphatic heterocycles. The smallest absolute Gasteiger partial charge is 0.138 e. The Kier molecular flexibility index (Phi) is 3.25. The second-order valence-corrected chi connectivity index (χ2v) is 4.14. The van der Waals surface area contributed by atoms with Crippen molar-refractivity contribution in [2.45, 2.75) is 25.9 Å². The molecule has 3 heteroatoms. The lowest BCUT2D eigenvalue weighted by atomic mass is 9.99. The van der Waals surface area contributed by atoms with Crippen LogP contribution in [0.2, 0.25) is 0 Å². The Balaban J connectivity index is 2.24. The summed E-state index contributed by atoms with van der Waals surface area (Å²) in [6, 6.07) is 5.95. The van der Waals surface area contributed by atoms with E-state index >= 15 is 0 Å². The summed E-state index contributed by atoms with van der Waals surface area (Å²) < 4.78 is 10.8. The molecule has 0 radical (unpaired) electrons. The van der Waals surface area contributed by atoms with E-state index in [4.69, 9.17) is 9.47 Å². The van der Waals surface area contributed by atoms with E-state index in [-0.39, 0.29) is 11.9 Å². The molecule has 0 amide bonds. The summed E-state index contributed by atoms with van der Waals surface area (Å²) in [4.78, 5) is 11.4. The molecule has 1 unspecified atom stereocenters. The Hall–Kier alpha value is -1.35. The lowest BCUT2D eigenvalue weighted by Crippen LogP contribution is -2.19. The second kappa shape index (κ2) is 4.66. The topological polar surface area (TPSA) is 35.5 Å². The molecule has 0 aliphatic carbocycles. The number of benzene rings is 1. The van der Waals surface area contributed by atoms with E-state index in [1.165, 1.54) is 0 Å². The van der Waals surface area contributed by atoms with E-state index in [2.05, 4.69) is 0 Å². The van der Waals surface area contributed by atoms with Crippen LogP contribution in [-0.4, -0.2) is 19.5 Å². The van der Waals surface area contributed by atoms with E-state index in [0.717, 1.165) is 16.9 Å². The maximum Gasteiger partial charge on any atom is 0.138 e. The Morgan fingerprint density at radius 2 is 2.19 bits per heavy atom. The summed E-state index contributed by atoms with van der Waals surface area (Å²) in [5, 5.41) is 0. The van der Waals surface area contributed by atoms with Gasteiger partial charge in [-0.05, 0) is 30.2 Å². The van der Waals surface area contributed by atoms with Crippen molar-refractivity contribution in [3.05, 3.63) is 29.3 Å². The molecule has 1 atom stereocenters. The molecule has 0 spiro atoms. The Morgan fingerprint density at radius 1 is 1.38 bits per heavy atom. The molecule has 3 nitrogen and oxygen atoms in total. The van der Waals surface area contributed by atoms with Crippen LogP contribution in [0.4, 0.5) is 0 Å². The van der Waals surface area contributed by atoms with Gasteiger partial charge in [0.2, 0.25) is 0 Å². The predicted molar refractivity (Wildman–Crippen MR) is 60.7 cm³/mol. The molecule has 0 N–H and O–H groups in total. The second-order valence-electron chi connectivity index (χ2n) is 4.14. The molecule has 1 aromatic rings. The molecule has 1 saturated heterocycles. The first-order valence-corrected chi connectivity index (χ1v) is 5.48. The van der Waals surface area contributed by atoms with Gasteiger partial charge in [-0.25, -0.2) is 0 Å². The van der Waals surface area contributed by atoms with E-state index in [9.17, 15) is 4.79 Å². The zero-order valence-corrected chi connectivity index (χ0v) is 9.66. The van der Waals surface area contributed by atoms with Gasteiger partial charge < -0.3 is 9.47 Å². The zero-order valence-electron chi connectivity index (χ0n) is 9.66. The molecular formula is C13H16O3. The molecule has 16 heavy (non-hydrogen) atoms. The minimum atomic E-state index is -0.102. The van der Waals surface area contributed by atoms with Crippen molar-refractivity contribution in [3.63, 3.8) is 0 Å². The molecule has 86 valence electrons. The summed E-state index contributed by atoms with van der Waals surface area (Å²) in [5.41, 5.74) is 2.15. The van der Waals surface area contributed by atoms with E-state index in [1.54, 1.807) is 7.11 Å². The number of carbonyl (C=O) groups excluding carboxylic acids is 1. The first kappa shape index (κ1) is 11.1. The normalized spacial score (nSPS) is 20.9. The van der Waals surface area contributed by atoms with Crippen molar-refractivity contribution in [1.82, 2.24) is 0 Å². The SMILES string of the molecule is COc1cc(C)cc(C2CC(=O)CCO2)c1. The van der Waals surface area contributed by atoms with Crippen LogP contribution in [-0.2, 0) is 9.53 Å². The van der Waals surface area contributed by atoms with E-state index < -0.39 is 0 Å². The Bertz CT molecular complexity index is 398. The monoisotopic (exact) mass is 220 g/mol. The summed E-state index contributed by atoms with van der Waals surface area (Å²) in [7, 11) is 1.64. The number of hydrogen-bond acceptors (Lipinski definition) is 3. The van der Waals surface area contributed by atoms with Crippen LogP contribution >= 0.6 is 0 Å². The van der Waals surface area contributed by atoms with Gasteiger partial charge in [0, 0.05) is 12.8 Å². The molecule has 0 saturated carbocycles. The fourth-order valence-corrected chi connectivity index (χ4v) is 1.98. The highest BCUT2D eigenvalue weighted by Gasteiger charge is 2.22. The minimum absolute atomic E-state index is 0.102. The summed E-state index contributed by atoms with van der Waals surface area (Å²) in [6.45, 7) is 2.54. The highest BCUT2D eigenvalue weighted by atomic mass is 16.5. The Labute approximate surface area is 95.4 Å². The van der Waals surface area contributed by atoms with Crippen molar-refractivity contribution in [1.29, 1.82) is 0 Å². The zero-order chi connectivity index (χ0) is 11.5. The van der Waals surface area contributed by atoms with Gasteiger partial charge in [-0.2, -0.15) is 0 Å². The highest BCUT2D eigenvalue weighted by molar-refractivity contribution is 5.79. The lowest BCUT2D eigenvalue weighted by molar-refractivity contribution is -0.128. The average Bonchev–Trinajstić information content (AvgIpc) is 2.28. The maximum atomic E-state index is 11.4. The lowest BCUT2D eigenvalue weighted by Gasteiger charge is -2.22. The minimum Gasteiger partial charge on any atom is -0.497 e. The van der Waals surface area contributed by atoms with Crippen LogP contribution in [0.15, 0.2) is 18.2 Å². The van der Waals surface area contributed by atoms with E-state index in [1.807, 2.05) is 25.1 Å². The summed E-state index contributed by atoms with van der Waals surface area (Å²) in [6.07, 6.45) is 0.918. The van der Waals surface area contributed by atoms with Gasteiger partial charge in [0.05, 0.1) is 19.8 Å². The molecule has 1 aliphatic rings. The molecule has 0 bridgehead atoms. The van der Waals surface area contributed by atoms with Gasteiger partial charge in [-0.3, -0.25) is 4.79 Å². The molecule has 1 heterocycles. The number of methoxy groups -OCH3 is 1. The van der Waals surface area contributed by atoms with Gasteiger partial charge in [0.25, 0.3) is 0 Å². The summed E-state index contributed by atoms with van der Waals surface area (Å²) >= 11 is 0. The van der Waals surface area contributed by atoms with Crippen molar-refractivity contribution in [2.75, 3.05) is 13.7 Å². The number of hydrogen-bond donors (Lipinski definition) is 0. The molecule has 1 fully saturated rings. The number of ketones is 1. The van der Waals surface area contributed by atoms with Crippen LogP contribution in [0.25, 0.3) is 0 Å². The van der Waals surface area contributed by atoms with Crippen LogP contribution in [0.3, 0.4) is 0 Å². The third-order valence-corrected chi connectivity index (χ3v) is 2.79. The maximum absolute atomic E-state index is 11.4. The molecular weight excluding hydrogens is 204 g/mol. The van der Waals surface area contributed by atoms with Gasteiger partial charge in [-0.1, -0.05) is 6.07 Å². The van der Waals surface area contributed by atoms with Gasteiger partial charge in [-0.15, -0.1) is 0 Å². The fourth-order valence-electron chi connectivity index (χ4n) is 1.98. The van der Waals surface area contributed by atoms with Gasteiger partial charge in [0.15, 0.2) is 0 Å². The predicted octanol–water partition coefficient (Wildman–Crippen LogP) is 2.42. The van der Waals surface area contributed by atoms with Crippen molar-refractivity contribution in [3.8, 4) is 5.75 Å². The van der Waals surface area contributed by atoms with E-state index in [0.29, 0.717) is 19.4 Å². The number of rotatable bonds is 2. The fraction of sp³-hybridized carbons (Fsp3) is 0.462. The Morgan fingerprint density at radius 3 is 2.88 bits per heavy atom. The van der Waals surface area contributed by atoms with Crippen LogP contribution < -0.4 is 4.74 Å². The standard InChI is InChI=1S/C13H16O3/c1-9-5-10(7-12(6-9)15-2)13-8-11(14)3-4-16-13/h5-7,13H,3-4,8H2,1-2H3. The van der Waals surface area contributed by atoms with Gasteiger partial charge >= 0.3 is 0 Å². The number of carbonyl (C=O) groups is 1. The molecule has 2 rings (SSSR count). The van der Waals surface area contributed by atoms with Crippen LogP contribution in [0.5, 0.6) is 5.75 Å². The number of ether oxygens (including phenoxy) is 2. The number of aryl methyl sites for hydroxylation is 1. The van der Waals surface area contributed by atoms with Gasteiger partial charge in [0.1, 0.15) is 11.5 Å². The van der Waals surface area contributed by atoms with Crippen molar-refractivity contribution in [2.24, 2.45) is 0 Å². The van der Waals surface area contributed by atoms with Crippen LogP contribution in [0.1, 0.15) is 30.1 Å². The quantitative estimate of drug-likeness (QED) is 0.767. The average molecular weight is 220 g/mol. The first-order valence-electron chi connectivity index (χ1n) is 5.48. The molecule has 1 aromatic carbocycles. The van der Waals surface area contributed by atoms with Crippen LogP contribution in [0, 0.1) is 6.92 Å². The largest absolute Gasteiger partial charge is 0.497 e. The van der Waals surface area contributed by atoms with Crippen molar-refractivity contribution >= 4 is 5.78 Å². The van der Waals surface area contributed by atoms with Crippen molar-refractivity contribution < 1.29 is 14.3 Å². The highest BCUT2D eigenvalue weighted by Crippen LogP contribution is 2.29.